The molecule has 0 bridgehead atoms. The van der Waals surface area contributed by atoms with Crippen molar-refractivity contribution >= 4 is 23.5 Å². The van der Waals surface area contributed by atoms with Crippen LogP contribution in [0.3, 0.4) is 0 Å². The molecule has 12 heteroatoms. The van der Waals surface area contributed by atoms with Crippen molar-refractivity contribution in [1.82, 2.24) is 15.5 Å². The van der Waals surface area contributed by atoms with Gasteiger partial charge in [-0.05, 0) is 44.4 Å². The lowest BCUT2D eigenvalue weighted by atomic mass is 9.95. The molecule has 3 saturated heterocycles. The van der Waals surface area contributed by atoms with Crippen molar-refractivity contribution in [3.05, 3.63) is 0 Å². The second-order valence-electron chi connectivity index (χ2n) is 8.84. The normalized spacial score (nSPS) is 32.4. The Morgan fingerprint density at radius 2 is 2.03 bits per heavy atom. The number of amides is 3. The molecule has 4 rings (SSSR count). The SMILES string of the molecule is O=C(COC(F)(F)F)C(C[C@@H]1CCNC1=O)NC(=O)C1CC2CC2N1C(=O)[C@@H]1CCCO1. The first-order chi connectivity index (χ1) is 15.1. The van der Waals surface area contributed by atoms with Gasteiger partial charge in [-0.1, -0.05) is 0 Å². The van der Waals surface area contributed by atoms with Gasteiger partial charge in [-0.15, -0.1) is 13.2 Å². The highest BCUT2D eigenvalue weighted by Gasteiger charge is 2.57. The molecule has 0 spiro atoms. The van der Waals surface area contributed by atoms with Crippen molar-refractivity contribution < 1.29 is 41.8 Å². The third-order valence-corrected chi connectivity index (χ3v) is 6.63. The molecule has 4 fully saturated rings. The van der Waals surface area contributed by atoms with E-state index < -0.39 is 48.8 Å². The molecule has 4 unspecified atom stereocenters. The summed E-state index contributed by atoms with van der Waals surface area (Å²) in [6.45, 7) is -0.390. The van der Waals surface area contributed by atoms with E-state index in [1.165, 1.54) is 4.90 Å². The Bertz CT molecular complexity index is 785. The lowest BCUT2D eigenvalue weighted by Gasteiger charge is -2.30. The van der Waals surface area contributed by atoms with Crippen molar-refractivity contribution in [2.24, 2.45) is 11.8 Å². The number of nitrogens with zero attached hydrogens (tertiary/aromatic N) is 1. The number of fused-ring (bicyclic) bond motifs is 1. The molecule has 3 aliphatic heterocycles. The number of Topliss-reactive ketones (excluding diaryl/α,β-unsaturated/α-hetero) is 1. The van der Waals surface area contributed by atoms with Crippen molar-refractivity contribution in [2.75, 3.05) is 19.8 Å². The number of hydrogen-bond donors (Lipinski definition) is 2. The van der Waals surface area contributed by atoms with Gasteiger partial charge in [0.15, 0.2) is 5.78 Å². The van der Waals surface area contributed by atoms with Gasteiger partial charge in [-0.25, -0.2) is 0 Å². The van der Waals surface area contributed by atoms with Crippen LogP contribution in [-0.4, -0.2) is 78.8 Å². The molecule has 0 aromatic rings. The summed E-state index contributed by atoms with van der Waals surface area (Å²) in [6.07, 6.45) is -2.74. The number of likely N-dealkylation sites (tertiary alicyclic amines) is 1. The number of nitrogens with one attached hydrogen (secondary N) is 2. The maximum absolute atomic E-state index is 13.1. The van der Waals surface area contributed by atoms with E-state index in [4.69, 9.17) is 4.74 Å². The Morgan fingerprint density at radius 3 is 2.66 bits per heavy atom. The Labute approximate surface area is 182 Å². The van der Waals surface area contributed by atoms with E-state index in [0.717, 1.165) is 12.8 Å². The first-order valence-electron chi connectivity index (χ1n) is 10.9. The van der Waals surface area contributed by atoms with Crippen LogP contribution in [0.4, 0.5) is 13.2 Å². The van der Waals surface area contributed by atoms with E-state index in [0.29, 0.717) is 32.4 Å². The van der Waals surface area contributed by atoms with Crippen LogP contribution in [-0.2, 0) is 28.7 Å². The first-order valence-corrected chi connectivity index (χ1v) is 10.9. The second kappa shape index (κ2) is 8.97. The van der Waals surface area contributed by atoms with E-state index in [-0.39, 0.29) is 30.2 Å². The van der Waals surface area contributed by atoms with Gasteiger partial charge in [0, 0.05) is 25.1 Å². The Kier molecular flexibility index (Phi) is 6.44. The molecule has 0 aromatic heterocycles. The quantitative estimate of drug-likeness (QED) is 0.537. The van der Waals surface area contributed by atoms with Crippen LogP contribution in [0.25, 0.3) is 0 Å². The zero-order valence-electron chi connectivity index (χ0n) is 17.4. The van der Waals surface area contributed by atoms with E-state index in [9.17, 15) is 32.3 Å². The fraction of sp³-hybridized carbons (Fsp3) is 0.800. The summed E-state index contributed by atoms with van der Waals surface area (Å²) >= 11 is 0. The molecule has 2 N–H and O–H groups in total. The van der Waals surface area contributed by atoms with Crippen LogP contribution in [0, 0.1) is 11.8 Å². The molecule has 1 aliphatic carbocycles. The minimum Gasteiger partial charge on any atom is -0.368 e. The molecule has 3 heterocycles. The van der Waals surface area contributed by atoms with Crippen molar-refractivity contribution in [1.29, 1.82) is 0 Å². The van der Waals surface area contributed by atoms with Gasteiger partial charge in [0.25, 0.3) is 5.91 Å². The third kappa shape index (κ3) is 5.06. The minimum absolute atomic E-state index is 0.0502. The Balaban J connectivity index is 1.44. The van der Waals surface area contributed by atoms with E-state index in [1.807, 2.05) is 0 Å². The van der Waals surface area contributed by atoms with Crippen molar-refractivity contribution in [3.8, 4) is 0 Å². The van der Waals surface area contributed by atoms with Gasteiger partial charge in [0.2, 0.25) is 11.8 Å². The average Bonchev–Trinajstić information content (AvgIpc) is 3.11. The minimum atomic E-state index is -4.99. The largest absolute Gasteiger partial charge is 0.522 e. The molecular formula is C20H26F3N3O6. The highest BCUT2D eigenvalue weighted by Crippen LogP contribution is 2.48. The predicted octanol–water partition coefficient (Wildman–Crippen LogP) is 0.271. The van der Waals surface area contributed by atoms with E-state index in [2.05, 4.69) is 15.4 Å². The third-order valence-electron chi connectivity index (χ3n) is 6.63. The summed E-state index contributed by atoms with van der Waals surface area (Å²) in [7, 11) is 0. The topological polar surface area (TPSA) is 114 Å². The molecule has 1 saturated carbocycles. The Hall–Kier alpha value is -2.21. The molecule has 0 radical (unpaired) electrons. The molecule has 0 aromatic carbocycles. The summed E-state index contributed by atoms with van der Waals surface area (Å²) in [6, 6.07) is -2.19. The fourth-order valence-corrected chi connectivity index (χ4v) is 4.89. The molecule has 32 heavy (non-hydrogen) atoms. The van der Waals surface area contributed by atoms with E-state index in [1.54, 1.807) is 0 Å². The van der Waals surface area contributed by atoms with Crippen LogP contribution in [0.1, 0.15) is 38.5 Å². The number of halogens is 3. The summed E-state index contributed by atoms with van der Waals surface area (Å²) in [4.78, 5) is 51.9. The summed E-state index contributed by atoms with van der Waals surface area (Å²) in [5.74, 6) is -2.56. The standard InChI is InChI=1S/C20H26F3N3O6/c21-20(22,23)32-9-15(27)12(6-10-3-4-24-17(10)28)25-18(29)14-8-11-7-13(11)26(14)19(30)16-2-1-5-31-16/h10-14,16H,1-9H2,(H,24,28)(H,25,29)/t10-,11?,12?,13?,14?,16-/m0/s1. The van der Waals surface area contributed by atoms with Gasteiger partial charge in [0.05, 0.1) is 6.04 Å². The number of hydrogen-bond acceptors (Lipinski definition) is 6. The number of carbonyl (C=O) groups is 4. The number of rotatable bonds is 8. The van der Waals surface area contributed by atoms with Gasteiger partial charge in [-0.3, -0.25) is 23.9 Å². The number of ether oxygens (including phenoxy) is 2. The van der Waals surface area contributed by atoms with Gasteiger partial charge >= 0.3 is 6.36 Å². The lowest BCUT2D eigenvalue weighted by molar-refractivity contribution is -0.321. The fourth-order valence-electron chi connectivity index (χ4n) is 4.89. The van der Waals surface area contributed by atoms with Crippen LogP contribution >= 0.6 is 0 Å². The first kappa shape index (κ1) is 23.0. The van der Waals surface area contributed by atoms with Gasteiger partial charge in [0.1, 0.15) is 18.8 Å². The maximum Gasteiger partial charge on any atom is 0.522 e. The highest BCUT2D eigenvalue weighted by atomic mass is 19.4. The van der Waals surface area contributed by atoms with E-state index >= 15 is 0 Å². The lowest BCUT2D eigenvalue weighted by Crippen LogP contribution is -2.54. The zero-order chi connectivity index (χ0) is 23.0. The van der Waals surface area contributed by atoms with Gasteiger partial charge in [-0.2, -0.15) is 0 Å². The number of ketones is 1. The second-order valence-corrected chi connectivity index (χ2v) is 8.84. The molecule has 9 nitrogen and oxygen atoms in total. The van der Waals surface area contributed by atoms with Crippen LogP contribution < -0.4 is 10.6 Å². The molecule has 6 atom stereocenters. The summed E-state index contributed by atoms with van der Waals surface area (Å²) < 4.78 is 46.3. The van der Waals surface area contributed by atoms with Crippen LogP contribution in [0.5, 0.6) is 0 Å². The maximum atomic E-state index is 13.1. The molecular weight excluding hydrogens is 435 g/mol. The summed E-state index contributed by atoms with van der Waals surface area (Å²) in [5, 5.41) is 5.11. The number of alkyl halides is 3. The smallest absolute Gasteiger partial charge is 0.368 e. The highest BCUT2D eigenvalue weighted by molar-refractivity contribution is 5.95. The van der Waals surface area contributed by atoms with Crippen molar-refractivity contribution in [3.63, 3.8) is 0 Å². The number of carbonyl (C=O) groups excluding carboxylic acids is 4. The van der Waals surface area contributed by atoms with Crippen LogP contribution in [0.2, 0.25) is 0 Å². The average molecular weight is 461 g/mol. The zero-order valence-corrected chi connectivity index (χ0v) is 17.4. The predicted molar refractivity (Wildman–Crippen MR) is 101 cm³/mol. The monoisotopic (exact) mass is 461 g/mol. The molecule has 3 amide bonds. The van der Waals surface area contributed by atoms with Crippen molar-refractivity contribution in [2.45, 2.75) is 69.1 Å². The Morgan fingerprint density at radius 1 is 1.25 bits per heavy atom. The molecule has 4 aliphatic rings. The summed E-state index contributed by atoms with van der Waals surface area (Å²) in [5.41, 5.74) is 0. The van der Waals surface area contributed by atoms with Crippen LogP contribution in [0.15, 0.2) is 0 Å². The molecule has 178 valence electrons. The van der Waals surface area contributed by atoms with Gasteiger partial charge < -0.3 is 20.3 Å². The number of piperidine rings is 1.